The molecular formula is C20H25N3O2. The van der Waals surface area contributed by atoms with Crippen LogP contribution in [-0.2, 0) is 4.79 Å². The number of benzene rings is 2. The molecule has 0 bridgehead atoms. The fraction of sp³-hybridized carbons (Fsp3) is 0.300. The van der Waals surface area contributed by atoms with Gasteiger partial charge >= 0.3 is 0 Å². The second-order valence-corrected chi connectivity index (χ2v) is 6.08. The van der Waals surface area contributed by atoms with Crippen molar-refractivity contribution < 1.29 is 9.59 Å². The normalized spacial score (nSPS) is 12.8. The summed E-state index contributed by atoms with van der Waals surface area (Å²) in [5.41, 5.74) is 2.49. The Morgan fingerprint density at radius 3 is 2.40 bits per heavy atom. The minimum atomic E-state index is -0.400. The Bertz CT molecular complexity index is 716. The van der Waals surface area contributed by atoms with Crippen LogP contribution < -0.4 is 16.0 Å². The topological polar surface area (TPSA) is 70.2 Å². The summed E-state index contributed by atoms with van der Waals surface area (Å²) >= 11 is 0. The molecule has 132 valence electrons. The predicted molar refractivity (Wildman–Crippen MR) is 101 cm³/mol. The maximum atomic E-state index is 12.3. The second kappa shape index (κ2) is 8.87. The molecule has 2 amide bonds. The highest BCUT2D eigenvalue weighted by Crippen LogP contribution is 2.14. The average Bonchev–Trinajstić information content (AvgIpc) is 2.65. The minimum Gasteiger partial charge on any atom is -0.374 e. The fourth-order valence-electron chi connectivity index (χ4n) is 2.52. The van der Waals surface area contributed by atoms with Crippen molar-refractivity contribution in [3.05, 3.63) is 65.7 Å². The predicted octanol–water partition coefficient (Wildman–Crippen LogP) is 2.77. The van der Waals surface area contributed by atoms with Crippen LogP contribution in [0.25, 0.3) is 0 Å². The van der Waals surface area contributed by atoms with E-state index in [1.165, 1.54) is 5.56 Å². The third-order valence-corrected chi connectivity index (χ3v) is 4.08. The molecule has 5 nitrogen and oxygen atoms in total. The monoisotopic (exact) mass is 339 g/mol. The summed E-state index contributed by atoms with van der Waals surface area (Å²) in [5.74, 6) is 0.0134. The number of hydrogen-bond donors (Lipinski definition) is 3. The highest BCUT2D eigenvalue weighted by Gasteiger charge is 2.14. The van der Waals surface area contributed by atoms with E-state index in [0.29, 0.717) is 12.1 Å². The molecule has 2 rings (SSSR count). The van der Waals surface area contributed by atoms with E-state index in [2.05, 4.69) is 35.0 Å². The van der Waals surface area contributed by atoms with Crippen molar-refractivity contribution in [1.29, 1.82) is 0 Å². The first-order valence-electron chi connectivity index (χ1n) is 8.42. The second-order valence-electron chi connectivity index (χ2n) is 6.08. The molecule has 2 aromatic carbocycles. The van der Waals surface area contributed by atoms with Crippen LogP contribution in [0.3, 0.4) is 0 Å². The zero-order valence-electron chi connectivity index (χ0n) is 14.9. The Hall–Kier alpha value is -2.82. The SMILES string of the molecule is CNC(=O)c1cccc(N[C@@H](C)C(=O)NC[C@H](C)c2ccccc2)c1. The Labute approximate surface area is 148 Å². The zero-order valence-corrected chi connectivity index (χ0v) is 14.9. The lowest BCUT2D eigenvalue weighted by Gasteiger charge is -2.18. The lowest BCUT2D eigenvalue weighted by Crippen LogP contribution is -2.39. The summed E-state index contributed by atoms with van der Waals surface area (Å²) in [4.78, 5) is 24.0. The molecule has 3 N–H and O–H groups in total. The van der Waals surface area contributed by atoms with E-state index in [-0.39, 0.29) is 17.7 Å². The molecule has 0 fully saturated rings. The lowest BCUT2D eigenvalue weighted by atomic mass is 10.0. The maximum Gasteiger partial charge on any atom is 0.251 e. The van der Waals surface area contributed by atoms with Gasteiger partial charge in [0, 0.05) is 24.8 Å². The molecule has 2 atom stereocenters. The van der Waals surface area contributed by atoms with Crippen LogP contribution in [0, 0.1) is 0 Å². The highest BCUT2D eigenvalue weighted by molar-refractivity contribution is 5.95. The first-order valence-corrected chi connectivity index (χ1v) is 8.42. The van der Waals surface area contributed by atoms with Gasteiger partial charge in [0.1, 0.15) is 6.04 Å². The summed E-state index contributed by atoms with van der Waals surface area (Å²) in [5, 5.41) is 8.69. The first-order chi connectivity index (χ1) is 12.0. The standard InChI is InChI=1S/C20H25N3O2/c1-14(16-8-5-4-6-9-16)13-22-19(24)15(2)23-18-11-7-10-17(12-18)20(25)21-3/h4-12,14-15,23H,13H2,1-3H3,(H,21,25)(H,22,24)/t14-,15-/m0/s1. The molecule has 0 aliphatic carbocycles. The van der Waals surface area contributed by atoms with Gasteiger partial charge in [0.15, 0.2) is 0 Å². The highest BCUT2D eigenvalue weighted by atomic mass is 16.2. The molecule has 25 heavy (non-hydrogen) atoms. The Kier molecular flexibility index (Phi) is 6.57. The van der Waals surface area contributed by atoms with Crippen LogP contribution >= 0.6 is 0 Å². The van der Waals surface area contributed by atoms with Gasteiger partial charge in [-0.15, -0.1) is 0 Å². The number of carbonyl (C=O) groups is 2. The van der Waals surface area contributed by atoms with Crippen LogP contribution in [0.5, 0.6) is 0 Å². The van der Waals surface area contributed by atoms with Crippen molar-refractivity contribution in [2.24, 2.45) is 0 Å². The molecule has 0 saturated carbocycles. The summed E-state index contributed by atoms with van der Waals surface area (Å²) < 4.78 is 0. The van der Waals surface area contributed by atoms with E-state index in [0.717, 1.165) is 5.69 Å². The van der Waals surface area contributed by atoms with Crippen molar-refractivity contribution in [3.63, 3.8) is 0 Å². The van der Waals surface area contributed by atoms with Crippen molar-refractivity contribution in [3.8, 4) is 0 Å². The smallest absolute Gasteiger partial charge is 0.251 e. The van der Waals surface area contributed by atoms with Gasteiger partial charge in [-0.2, -0.15) is 0 Å². The molecule has 0 unspecified atom stereocenters. The quantitative estimate of drug-likeness (QED) is 0.726. The van der Waals surface area contributed by atoms with Crippen LogP contribution in [0.2, 0.25) is 0 Å². The van der Waals surface area contributed by atoms with E-state index in [4.69, 9.17) is 0 Å². The van der Waals surface area contributed by atoms with Crippen molar-refractivity contribution >= 4 is 17.5 Å². The molecule has 0 saturated heterocycles. The van der Waals surface area contributed by atoms with E-state index >= 15 is 0 Å². The molecule has 0 heterocycles. The summed E-state index contributed by atoms with van der Waals surface area (Å²) in [6.07, 6.45) is 0. The molecular weight excluding hydrogens is 314 g/mol. The van der Waals surface area contributed by atoms with E-state index < -0.39 is 6.04 Å². The number of rotatable bonds is 7. The summed E-state index contributed by atoms with van der Waals surface area (Å²) in [6.45, 7) is 4.46. The van der Waals surface area contributed by atoms with Gasteiger partial charge in [-0.05, 0) is 36.6 Å². The Balaban J connectivity index is 1.89. The molecule has 0 aromatic heterocycles. The van der Waals surface area contributed by atoms with Gasteiger partial charge < -0.3 is 16.0 Å². The zero-order chi connectivity index (χ0) is 18.2. The average molecular weight is 339 g/mol. The lowest BCUT2D eigenvalue weighted by molar-refractivity contribution is -0.121. The molecule has 0 radical (unpaired) electrons. The van der Waals surface area contributed by atoms with Crippen LogP contribution in [0.15, 0.2) is 54.6 Å². The van der Waals surface area contributed by atoms with Gasteiger partial charge in [0.25, 0.3) is 5.91 Å². The molecule has 2 aromatic rings. The minimum absolute atomic E-state index is 0.0758. The third kappa shape index (κ3) is 5.35. The van der Waals surface area contributed by atoms with Gasteiger partial charge in [-0.25, -0.2) is 0 Å². The van der Waals surface area contributed by atoms with Gasteiger partial charge in [-0.1, -0.05) is 43.3 Å². The number of carbonyl (C=O) groups excluding carboxylic acids is 2. The van der Waals surface area contributed by atoms with E-state index in [1.54, 1.807) is 32.2 Å². The molecule has 0 spiro atoms. The van der Waals surface area contributed by atoms with Crippen LogP contribution in [-0.4, -0.2) is 31.4 Å². The molecule has 0 aliphatic rings. The van der Waals surface area contributed by atoms with Gasteiger partial charge in [0.05, 0.1) is 0 Å². The van der Waals surface area contributed by atoms with E-state index in [9.17, 15) is 9.59 Å². The number of amides is 2. The van der Waals surface area contributed by atoms with Gasteiger partial charge in [-0.3, -0.25) is 9.59 Å². The largest absolute Gasteiger partial charge is 0.374 e. The number of anilines is 1. The number of hydrogen-bond acceptors (Lipinski definition) is 3. The van der Waals surface area contributed by atoms with Gasteiger partial charge in [0.2, 0.25) is 5.91 Å². The molecule has 5 heteroatoms. The van der Waals surface area contributed by atoms with Crippen molar-refractivity contribution in [1.82, 2.24) is 10.6 Å². The first kappa shape index (κ1) is 18.5. The third-order valence-electron chi connectivity index (χ3n) is 4.08. The number of nitrogens with one attached hydrogen (secondary N) is 3. The van der Waals surface area contributed by atoms with Crippen molar-refractivity contribution in [2.45, 2.75) is 25.8 Å². The summed E-state index contributed by atoms with van der Waals surface area (Å²) in [6, 6.07) is 16.8. The Morgan fingerprint density at radius 1 is 1.00 bits per heavy atom. The van der Waals surface area contributed by atoms with Crippen molar-refractivity contribution in [2.75, 3.05) is 18.9 Å². The maximum absolute atomic E-state index is 12.3. The Morgan fingerprint density at radius 2 is 1.72 bits per heavy atom. The van der Waals surface area contributed by atoms with E-state index in [1.807, 2.05) is 24.3 Å². The molecule has 0 aliphatic heterocycles. The van der Waals surface area contributed by atoms with Crippen LogP contribution in [0.1, 0.15) is 35.7 Å². The fourth-order valence-corrected chi connectivity index (χ4v) is 2.52. The van der Waals surface area contributed by atoms with Crippen LogP contribution in [0.4, 0.5) is 5.69 Å². The summed E-state index contributed by atoms with van der Waals surface area (Å²) in [7, 11) is 1.59.